The number of hydrogen-bond donors (Lipinski definition) is 0. The van der Waals surface area contributed by atoms with Crippen molar-refractivity contribution in [1.29, 1.82) is 0 Å². The van der Waals surface area contributed by atoms with Gasteiger partial charge in [0.1, 0.15) is 0 Å². The first-order valence-corrected chi connectivity index (χ1v) is 19.5. The molecule has 1 aliphatic heterocycles. The quantitative estimate of drug-likeness (QED) is 0.156. The third-order valence-electron chi connectivity index (χ3n) is 10.0. The minimum Gasteiger partial charge on any atom is -0.311 e. The monoisotopic (exact) mass is 730 g/mol. The smallest absolute Gasteiger partial charge is 0.208 e. The molecule has 5 nitrogen and oxygen atoms in total. The summed E-state index contributed by atoms with van der Waals surface area (Å²) in [5, 5.41) is 0. The molecule has 0 N–H and O–H groups in total. The number of carbonyl (C=O) groups excluding carboxylic acids is 1. The maximum atomic E-state index is 14.4. The number of para-hydroxylation sites is 4. The molecule has 0 aromatic heterocycles. The SMILES string of the molecule is O=C1c2ccc(-c3ccc(N(c4ccccc4)c4ccccc4)cc3)cc2S(=O)(=O)c2cccc(-c3ccc(N(c4ccccc4)c4ccccc4)cc3)c21. The van der Waals surface area contributed by atoms with Gasteiger partial charge in [-0.25, -0.2) is 8.42 Å². The lowest BCUT2D eigenvalue weighted by Gasteiger charge is -2.26. The summed E-state index contributed by atoms with van der Waals surface area (Å²) in [5.74, 6) is -0.307. The van der Waals surface area contributed by atoms with Crippen molar-refractivity contribution in [3.05, 3.63) is 217 Å². The van der Waals surface area contributed by atoms with Gasteiger partial charge in [-0.3, -0.25) is 4.79 Å². The standard InChI is InChI=1S/C49H34N2O3S/c52-49-45-33-28-37(35-24-29-42(30-25-35)50(38-14-5-1-6-15-38)39-16-7-2-8-17-39)34-47(45)55(53,54)46-23-13-22-44(48(46)49)36-26-31-43(32-27-36)51(40-18-9-3-10-19-40)41-20-11-4-12-21-41/h1-34H. The fourth-order valence-electron chi connectivity index (χ4n) is 7.39. The zero-order chi connectivity index (χ0) is 37.4. The summed E-state index contributed by atoms with van der Waals surface area (Å²) in [6.07, 6.45) is 0. The van der Waals surface area contributed by atoms with E-state index >= 15 is 0 Å². The van der Waals surface area contributed by atoms with Crippen LogP contribution in [0.1, 0.15) is 15.9 Å². The predicted molar refractivity (Wildman–Crippen MR) is 222 cm³/mol. The molecule has 0 atom stereocenters. The van der Waals surface area contributed by atoms with Crippen molar-refractivity contribution < 1.29 is 13.2 Å². The van der Waals surface area contributed by atoms with Gasteiger partial charge in [0.15, 0.2) is 5.78 Å². The van der Waals surface area contributed by atoms with Gasteiger partial charge in [0.25, 0.3) is 0 Å². The van der Waals surface area contributed by atoms with E-state index in [4.69, 9.17) is 0 Å². The Bertz CT molecular complexity index is 2670. The molecule has 9 rings (SSSR count). The second kappa shape index (κ2) is 14.1. The Morgan fingerprint density at radius 1 is 0.327 bits per heavy atom. The summed E-state index contributed by atoms with van der Waals surface area (Å²) in [6.45, 7) is 0. The number of hydrogen-bond acceptors (Lipinski definition) is 5. The van der Waals surface area contributed by atoms with Gasteiger partial charge in [-0.15, -0.1) is 0 Å². The van der Waals surface area contributed by atoms with Crippen LogP contribution in [0, 0.1) is 0 Å². The molecule has 8 aromatic rings. The van der Waals surface area contributed by atoms with Crippen LogP contribution >= 0.6 is 0 Å². The third kappa shape index (κ3) is 6.18. The highest BCUT2D eigenvalue weighted by Gasteiger charge is 2.37. The number of nitrogens with zero attached hydrogens (tertiary/aromatic N) is 2. The van der Waals surface area contributed by atoms with Crippen molar-refractivity contribution in [1.82, 2.24) is 0 Å². The van der Waals surface area contributed by atoms with Gasteiger partial charge < -0.3 is 9.80 Å². The number of carbonyl (C=O) groups is 1. The largest absolute Gasteiger partial charge is 0.311 e. The molecule has 0 saturated carbocycles. The lowest BCUT2D eigenvalue weighted by Crippen LogP contribution is -2.21. The van der Waals surface area contributed by atoms with Gasteiger partial charge in [-0.1, -0.05) is 115 Å². The number of benzene rings is 8. The van der Waals surface area contributed by atoms with E-state index in [1.165, 1.54) is 0 Å². The normalized spacial score (nSPS) is 12.7. The highest BCUT2D eigenvalue weighted by atomic mass is 32.2. The zero-order valence-electron chi connectivity index (χ0n) is 29.7. The van der Waals surface area contributed by atoms with Crippen molar-refractivity contribution in [3.63, 3.8) is 0 Å². The molecule has 0 spiro atoms. The average Bonchev–Trinajstić information content (AvgIpc) is 3.25. The maximum absolute atomic E-state index is 14.4. The molecule has 264 valence electrons. The minimum atomic E-state index is -4.02. The number of anilines is 6. The number of rotatable bonds is 8. The summed E-state index contributed by atoms with van der Waals surface area (Å²) >= 11 is 0. The van der Waals surface area contributed by atoms with Gasteiger partial charge in [0.05, 0.1) is 9.79 Å². The molecule has 6 heteroatoms. The maximum Gasteiger partial charge on any atom is 0.208 e. The Morgan fingerprint density at radius 3 is 1.18 bits per heavy atom. The second-order valence-electron chi connectivity index (χ2n) is 13.3. The Morgan fingerprint density at radius 2 is 0.727 bits per heavy atom. The van der Waals surface area contributed by atoms with Crippen LogP contribution in [0.2, 0.25) is 0 Å². The van der Waals surface area contributed by atoms with E-state index in [1.54, 1.807) is 24.3 Å². The predicted octanol–water partition coefficient (Wildman–Crippen LogP) is 12.3. The molecule has 1 heterocycles. The van der Waals surface area contributed by atoms with Crippen molar-refractivity contribution >= 4 is 49.7 Å². The zero-order valence-corrected chi connectivity index (χ0v) is 30.5. The number of ketones is 1. The van der Waals surface area contributed by atoms with Crippen LogP contribution in [0.15, 0.2) is 216 Å². The molecule has 0 unspecified atom stereocenters. The number of fused-ring (bicyclic) bond motifs is 2. The fourth-order valence-corrected chi connectivity index (χ4v) is 9.09. The molecule has 0 saturated heterocycles. The van der Waals surface area contributed by atoms with Gasteiger partial charge in [0.2, 0.25) is 9.84 Å². The molecule has 0 amide bonds. The van der Waals surface area contributed by atoms with Crippen LogP contribution in [0.3, 0.4) is 0 Å². The summed E-state index contributed by atoms with van der Waals surface area (Å²) in [7, 11) is -4.02. The minimum absolute atomic E-state index is 0.0237. The molecule has 0 radical (unpaired) electrons. The highest BCUT2D eigenvalue weighted by molar-refractivity contribution is 7.91. The van der Waals surface area contributed by atoms with E-state index in [0.717, 1.165) is 45.3 Å². The summed E-state index contributed by atoms with van der Waals surface area (Å²) in [5.41, 5.74) is 9.22. The first-order valence-electron chi connectivity index (χ1n) is 18.1. The van der Waals surface area contributed by atoms with Gasteiger partial charge in [0, 0.05) is 45.3 Å². The van der Waals surface area contributed by atoms with E-state index in [1.807, 2.05) is 133 Å². The van der Waals surface area contributed by atoms with Crippen molar-refractivity contribution in [2.75, 3.05) is 9.80 Å². The van der Waals surface area contributed by atoms with Crippen LogP contribution < -0.4 is 9.80 Å². The first kappa shape index (κ1) is 33.8. The second-order valence-corrected chi connectivity index (χ2v) is 15.2. The Balaban J connectivity index is 1.05. The molecule has 1 aliphatic rings. The van der Waals surface area contributed by atoms with Crippen molar-refractivity contribution in [2.45, 2.75) is 9.79 Å². The van der Waals surface area contributed by atoms with Crippen LogP contribution in [-0.2, 0) is 9.84 Å². The van der Waals surface area contributed by atoms with Gasteiger partial charge in [-0.2, -0.15) is 0 Å². The van der Waals surface area contributed by atoms with Crippen LogP contribution in [0.5, 0.6) is 0 Å². The van der Waals surface area contributed by atoms with E-state index in [2.05, 4.69) is 58.3 Å². The third-order valence-corrected chi connectivity index (χ3v) is 11.8. The molecular weight excluding hydrogens is 697 g/mol. The molecule has 0 fully saturated rings. The van der Waals surface area contributed by atoms with Gasteiger partial charge >= 0.3 is 0 Å². The van der Waals surface area contributed by atoms with E-state index in [0.29, 0.717) is 11.1 Å². The molecule has 55 heavy (non-hydrogen) atoms. The summed E-state index contributed by atoms with van der Waals surface area (Å²) in [4.78, 5) is 18.7. The average molecular weight is 731 g/mol. The number of sulfone groups is 1. The van der Waals surface area contributed by atoms with Crippen molar-refractivity contribution in [2.24, 2.45) is 0 Å². The Labute approximate surface area is 320 Å². The topological polar surface area (TPSA) is 57.7 Å². The highest BCUT2D eigenvalue weighted by Crippen LogP contribution is 2.43. The molecule has 8 aromatic carbocycles. The molecule has 0 bridgehead atoms. The summed E-state index contributed by atoms with van der Waals surface area (Å²) in [6, 6.07) is 66.6. The Kier molecular flexibility index (Phi) is 8.65. The fraction of sp³-hybridized carbons (Fsp3) is 0. The van der Waals surface area contributed by atoms with E-state index in [-0.39, 0.29) is 26.7 Å². The first-order chi connectivity index (χ1) is 27.0. The molecule has 0 aliphatic carbocycles. The van der Waals surface area contributed by atoms with E-state index < -0.39 is 9.84 Å². The van der Waals surface area contributed by atoms with Crippen LogP contribution in [0.25, 0.3) is 22.3 Å². The van der Waals surface area contributed by atoms with Crippen LogP contribution in [-0.4, -0.2) is 14.2 Å². The lowest BCUT2D eigenvalue weighted by atomic mass is 9.92. The Hall–Kier alpha value is -7.02. The summed E-state index contributed by atoms with van der Waals surface area (Å²) < 4.78 is 28.7. The lowest BCUT2D eigenvalue weighted by molar-refractivity contribution is 0.103. The van der Waals surface area contributed by atoms with Crippen molar-refractivity contribution in [3.8, 4) is 22.3 Å². The molecular formula is C49H34N2O3S. The van der Waals surface area contributed by atoms with E-state index in [9.17, 15) is 13.2 Å². The van der Waals surface area contributed by atoms with Gasteiger partial charge in [-0.05, 0) is 113 Å². The van der Waals surface area contributed by atoms with Crippen LogP contribution in [0.4, 0.5) is 34.1 Å².